The molecule has 1 heterocycles. The molecule has 2 aromatic rings. The maximum atomic E-state index is 13.7. The monoisotopic (exact) mass is 525 g/mol. The van der Waals surface area contributed by atoms with Gasteiger partial charge >= 0.3 is 6.36 Å². The summed E-state index contributed by atoms with van der Waals surface area (Å²) in [6, 6.07) is 10.7. The number of halogens is 4. The highest BCUT2D eigenvalue weighted by atomic mass is 35.5. The van der Waals surface area contributed by atoms with Gasteiger partial charge in [-0.25, -0.2) is 0 Å². The minimum absolute atomic E-state index is 0. The van der Waals surface area contributed by atoms with Gasteiger partial charge in [-0.05, 0) is 80.6 Å². The van der Waals surface area contributed by atoms with Gasteiger partial charge in [-0.3, -0.25) is 9.59 Å². The first-order valence-electron chi connectivity index (χ1n) is 11.9. The number of aryl methyl sites for hydroxylation is 1. The first-order valence-corrected chi connectivity index (χ1v) is 11.9. The number of amides is 2. The highest BCUT2D eigenvalue weighted by Crippen LogP contribution is 2.32. The Hall–Kier alpha value is -2.78. The molecule has 0 aromatic heterocycles. The van der Waals surface area contributed by atoms with E-state index >= 15 is 0 Å². The van der Waals surface area contributed by atoms with E-state index in [0.717, 1.165) is 30.5 Å². The molecule has 0 spiro atoms. The van der Waals surface area contributed by atoms with E-state index in [0.29, 0.717) is 26.1 Å². The highest BCUT2D eigenvalue weighted by molar-refractivity contribution is 5.95. The lowest BCUT2D eigenvalue weighted by molar-refractivity contribution is -0.274. The number of carbonyl (C=O) groups excluding carboxylic acids is 2. The van der Waals surface area contributed by atoms with Crippen molar-refractivity contribution >= 4 is 24.2 Å². The van der Waals surface area contributed by atoms with Crippen LogP contribution in [-0.2, 0) is 11.3 Å². The molecule has 4 rings (SSSR count). The van der Waals surface area contributed by atoms with Gasteiger partial charge in [-0.1, -0.05) is 18.2 Å². The van der Waals surface area contributed by atoms with E-state index in [2.05, 4.69) is 41.4 Å². The second kappa shape index (κ2) is 11.5. The number of carbonyl (C=O) groups is 2. The number of piperidine rings is 1. The fourth-order valence-corrected chi connectivity index (χ4v) is 4.50. The van der Waals surface area contributed by atoms with Crippen molar-refractivity contribution in [3.05, 3.63) is 64.7 Å². The largest absolute Gasteiger partial charge is 0.573 e. The van der Waals surface area contributed by atoms with Crippen molar-refractivity contribution in [2.45, 2.75) is 58.1 Å². The molecule has 2 aliphatic rings. The molecular formula is C26H31ClF3N3O3. The van der Waals surface area contributed by atoms with Gasteiger partial charge in [0.25, 0.3) is 5.91 Å². The van der Waals surface area contributed by atoms with Crippen LogP contribution in [0.5, 0.6) is 5.75 Å². The third kappa shape index (κ3) is 6.91. The highest BCUT2D eigenvalue weighted by Gasteiger charge is 2.40. The number of nitrogens with zero attached hydrogens (tertiary/aromatic N) is 1. The van der Waals surface area contributed by atoms with E-state index < -0.39 is 23.9 Å². The van der Waals surface area contributed by atoms with E-state index in [1.807, 2.05) is 11.0 Å². The molecule has 1 saturated carbocycles. The summed E-state index contributed by atoms with van der Waals surface area (Å²) < 4.78 is 41.0. The molecule has 36 heavy (non-hydrogen) atoms. The predicted octanol–water partition coefficient (Wildman–Crippen LogP) is 4.52. The normalized spacial score (nSPS) is 19.7. The zero-order chi connectivity index (χ0) is 25.2. The van der Waals surface area contributed by atoms with Crippen molar-refractivity contribution < 1.29 is 27.5 Å². The molecule has 2 amide bonds. The van der Waals surface area contributed by atoms with Crippen molar-refractivity contribution in [2.24, 2.45) is 5.92 Å². The number of hydrogen-bond donors (Lipinski definition) is 2. The average Bonchev–Trinajstić information content (AvgIpc) is 3.65. The lowest BCUT2D eigenvalue weighted by atomic mass is 9.91. The standard InChI is InChI=1S/C26H30F3N3O3.ClH/c1-16-4-3-5-19(17(16)2)15-32(20-8-9-20)25(34)22-14-30-13-12-23(22)31-24(33)18-6-10-21(11-7-18)35-26(27,28)29;/h3-7,10-11,20,22-23,30H,8-9,12-15H2,1-2H3,(H,31,33);1H. The maximum Gasteiger partial charge on any atom is 0.573 e. The Morgan fingerprint density at radius 2 is 1.78 bits per heavy atom. The molecule has 0 bridgehead atoms. The summed E-state index contributed by atoms with van der Waals surface area (Å²) in [4.78, 5) is 28.5. The Kier molecular flexibility index (Phi) is 8.89. The van der Waals surface area contributed by atoms with Gasteiger partial charge in [0.1, 0.15) is 5.75 Å². The molecular weight excluding hydrogens is 495 g/mol. The summed E-state index contributed by atoms with van der Waals surface area (Å²) in [6.07, 6.45) is -2.27. The fraction of sp³-hybridized carbons (Fsp3) is 0.462. The Bertz CT molecular complexity index is 1070. The average molecular weight is 526 g/mol. The number of alkyl halides is 3. The van der Waals surface area contributed by atoms with E-state index in [4.69, 9.17) is 0 Å². The SMILES string of the molecule is Cc1cccc(CN(C(=O)C2CNCCC2NC(=O)c2ccc(OC(F)(F)F)cc2)C2CC2)c1C.Cl. The topological polar surface area (TPSA) is 70.7 Å². The molecule has 2 atom stereocenters. The minimum Gasteiger partial charge on any atom is -0.406 e. The Balaban J connectivity index is 0.00000361. The van der Waals surface area contributed by atoms with Crippen LogP contribution in [0.1, 0.15) is 46.3 Å². The lowest BCUT2D eigenvalue weighted by Gasteiger charge is -2.36. The van der Waals surface area contributed by atoms with Crippen LogP contribution in [0.4, 0.5) is 13.2 Å². The summed E-state index contributed by atoms with van der Waals surface area (Å²) in [6.45, 7) is 5.78. The number of nitrogens with one attached hydrogen (secondary N) is 2. The van der Waals surface area contributed by atoms with E-state index in [1.54, 1.807) is 0 Å². The van der Waals surface area contributed by atoms with Crippen LogP contribution in [0.3, 0.4) is 0 Å². The summed E-state index contributed by atoms with van der Waals surface area (Å²) >= 11 is 0. The van der Waals surface area contributed by atoms with Gasteiger partial charge < -0.3 is 20.3 Å². The van der Waals surface area contributed by atoms with Crippen LogP contribution in [0.25, 0.3) is 0 Å². The van der Waals surface area contributed by atoms with Gasteiger partial charge in [0.05, 0.1) is 5.92 Å². The molecule has 2 N–H and O–H groups in total. The van der Waals surface area contributed by atoms with Crippen molar-refractivity contribution in [3.8, 4) is 5.75 Å². The van der Waals surface area contributed by atoms with Crippen molar-refractivity contribution in [2.75, 3.05) is 13.1 Å². The zero-order valence-corrected chi connectivity index (χ0v) is 21.0. The van der Waals surface area contributed by atoms with Crippen molar-refractivity contribution in [1.82, 2.24) is 15.5 Å². The second-order valence-electron chi connectivity index (χ2n) is 9.31. The van der Waals surface area contributed by atoms with Gasteiger partial charge in [0.15, 0.2) is 0 Å². The van der Waals surface area contributed by atoms with Gasteiger partial charge in [-0.2, -0.15) is 0 Å². The van der Waals surface area contributed by atoms with Crippen LogP contribution in [-0.4, -0.2) is 48.2 Å². The molecule has 2 unspecified atom stereocenters. The molecule has 1 saturated heterocycles. The van der Waals surface area contributed by atoms with Crippen LogP contribution in [0.2, 0.25) is 0 Å². The van der Waals surface area contributed by atoms with Crippen LogP contribution in [0.15, 0.2) is 42.5 Å². The maximum absolute atomic E-state index is 13.7. The van der Waals surface area contributed by atoms with E-state index in [9.17, 15) is 22.8 Å². The first kappa shape index (κ1) is 27.8. The van der Waals surface area contributed by atoms with Crippen LogP contribution < -0.4 is 15.4 Å². The second-order valence-corrected chi connectivity index (χ2v) is 9.31. The third-order valence-electron chi connectivity index (χ3n) is 6.79. The summed E-state index contributed by atoms with van der Waals surface area (Å²) in [7, 11) is 0. The molecule has 0 radical (unpaired) electrons. The van der Waals surface area contributed by atoms with E-state index in [1.165, 1.54) is 23.3 Å². The van der Waals surface area contributed by atoms with Crippen molar-refractivity contribution in [1.29, 1.82) is 0 Å². The minimum atomic E-state index is -4.79. The van der Waals surface area contributed by atoms with Gasteiger partial charge in [-0.15, -0.1) is 25.6 Å². The molecule has 6 nitrogen and oxygen atoms in total. The summed E-state index contributed by atoms with van der Waals surface area (Å²) in [5, 5.41) is 6.21. The quantitative estimate of drug-likeness (QED) is 0.557. The smallest absolute Gasteiger partial charge is 0.406 e. The zero-order valence-electron chi connectivity index (χ0n) is 20.2. The third-order valence-corrected chi connectivity index (χ3v) is 6.79. The Morgan fingerprint density at radius 1 is 1.08 bits per heavy atom. The number of ether oxygens (including phenoxy) is 1. The molecule has 2 aromatic carbocycles. The first-order chi connectivity index (χ1) is 16.6. The summed E-state index contributed by atoms with van der Waals surface area (Å²) in [5.74, 6) is -1.23. The Morgan fingerprint density at radius 3 is 2.42 bits per heavy atom. The van der Waals surface area contributed by atoms with Crippen molar-refractivity contribution in [3.63, 3.8) is 0 Å². The van der Waals surface area contributed by atoms with Gasteiger partial charge in [0.2, 0.25) is 5.91 Å². The Labute approximate surface area is 215 Å². The molecule has 10 heteroatoms. The van der Waals surface area contributed by atoms with Crippen LogP contribution in [0, 0.1) is 19.8 Å². The number of hydrogen-bond acceptors (Lipinski definition) is 4. The molecule has 196 valence electrons. The number of benzene rings is 2. The van der Waals surface area contributed by atoms with Gasteiger partial charge in [0, 0.05) is 30.7 Å². The predicted molar refractivity (Wildman–Crippen MR) is 132 cm³/mol. The van der Waals surface area contributed by atoms with E-state index in [-0.39, 0.29) is 36.0 Å². The molecule has 2 fully saturated rings. The van der Waals surface area contributed by atoms with Crippen LogP contribution >= 0.6 is 12.4 Å². The molecule has 1 aliphatic carbocycles. The summed E-state index contributed by atoms with van der Waals surface area (Å²) in [5.41, 5.74) is 3.69. The lowest BCUT2D eigenvalue weighted by Crippen LogP contribution is -2.55. The molecule has 1 aliphatic heterocycles. The fourth-order valence-electron chi connectivity index (χ4n) is 4.50. The number of rotatable bonds is 7.